The zero-order valence-electron chi connectivity index (χ0n) is 16.6. The van der Waals surface area contributed by atoms with Crippen LogP contribution in [0.2, 0.25) is 0 Å². The molecule has 0 saturated carbocycles. The molecule has 0 aliphatic carbocycles. The van der Waals surface area contributed by atoms with Crippen molar-refractivity contribution in [3.63, 3.8) is 0 Å². The smallest absolute Gasteiger partial charge is 0.425 e. The molecule has 1 aliphatic heterocycles. The Labute approximate surface area is 171 Å². The van der Waals surface area contributed by atoms with Gasteiger partial charge >= 0.3 is 6.18 Å². The van der Waals surface area contributed by atoms with E-state index < -0.39 is 28.0 Å². The number of aryl methyl sites for hydroxylation is 1. The molecule has 1 amide bonds. The number of amides is 1. The standard InChI is InChI=1S/C19H21F3N2O5S/c1-11-10-28-17(23-11)13-6-7-24(9-13)18(25)15-8-14(30(3,26)27)4-5-16(15)29-12(2)19(20,21)22/h4-5,8,10,12-13H,6-7,9H2,1-3H3/t12-,13?/m0/s1. The number of likely N-dealkylation sites (tertiary alicyclic amines) is 1. The van der Waals surface area contributed by atoms with E-state index >= 15 is 0 Å². The number of aromatic nitrogens is 1. The summed E-state index contributed by atoms with van der Waals surface area (Å²) in [5, 5.41) is 0. The quantitative estimate of drug-likeness (QED) is 0.700. The zero-order chi connectivity index (χ0) is 22.3. The molecule has 1 aromatic heterocycles. The van der Waals surface area contributed by atoms with Crippen molar-refractivity contribution in [2.45, 2.75) is 43.4 Å². The fourth-order valence-electron chi connectivity index (χ4n) is 3.14. The highest BCUT2D eigenvalue weighted by Gasteiger charge is 2.39. The second-order valence-electron chi connectivity index (χ2n) is 7.30. The number of hydrogen-bond acceptors (Lipinski definition) is 6. The molecule has 0 bridgehead atoms. The largest absolute Gasteiger partial charge is 0.480 e. The number of nitrogens with zero attached hydrogens (tertiary/aromatic N) is 2. The predicted octanol–water partition coefficient (Wildman–Crippen LogP) is 3.35. The lowest BCUT2D eigenvalue weighted by atomic mass is 10.1. The summed E-state index contributed by atoms with van der Waals surface area (Å²) in [6.07, 6.45) is -3.80. The summed E-state index contributed by atoms with van der Waals surface area (Å²) < 4.78 is 73.0. The number of carbonyl (C=O) groups is 1. The topological polar surface area (TPSA) is 89.7 Å². The van der Waals surface area contributed by atoms with Crippen molar-refractivity contribution in [1.29, 1.82) is 0 Å². The van der Waals surface area contributed by atoms with Gasteiger partial charge in [-0.3, -0.25) is 4.79 Å². The maximum absolute atomic E-state index is 13.1. The van der Waals surface area contributed by atoms with E-state index in [1.54, 1.807) is 6.92 Å². The number of rotatable bonds is 5. The number of alkyl halides is 3. The van der Waals surface area contributed by atoms with Crippen LogP contribution in [0.15, 0.2) is 33.8 Å². The van der Waals surface area contributed by atoms with Crippen molar-refractivity contribution in [3.8, 4) is 5.75 Å². The van der Waals surface area contributed by atoms with Gasteiger partial charge in [0.1, 0.15) is 12.0 Å². The molecule has 1 aliphatic rings. The summed E-state index contributed by atoms with van der Waals surface area (Å²) in [5.74, 6) is -0.614. The summed E-state index contributed by atoms with van der Waals surface area (Å²) in [7, 11) is -3.68. The van der Waals surface area contributed by atoms with E-state index in [0.29, 0.717) is 24.6 Å². The Hall–Kier alpha value is -2.56. The maximum Gasteiger partial charge on any atom is 0.425 e. The normalized spacial score (nSPS) is 18.5. The average molecular weight is 446 g/mol. The number of sulfone groups is 1. The van der Waals surface area contributed by atoms with Crippen LogP contribution in [-0.4, -0.2) is 55.8 Å². The summed E-state index contributed by atoms with van der Waals surface area (Å²) in [6.45, 7) is 3.15. The van der Waals surface area contributed by atoms with Gasteiger partial charge in [-0.05, 0) is 38.5 Å². The molecular weight excluding hydrogens is 425 g/mol. The highest BCUT2D eigenvalue weighted by Crippen LogP contribution is 2.32. The van der Waals surface area contributed by atoms with Gasteiger partial charge in [0, 0.05) is 19.3 Å². The predicted molar refractivity (Wildman–Crippen MR) is 100 cm³/mol. The molecule has 1 aromatic carbocycles. The Morgan fingerprint density at radius 2 is 2.07 bits per heavy atom. The molecule has 2 atom stereocenters. The fraction of sp³-hybridized carbons (Fsp3) is 0.474. The van der Waals surface area contributed by atoms with E-state index in [0.717, 1.165) is 31.4 Å². The molecule has 1 unspecified atom stereocenters. The van der Waals surface area contributed by atoms with Gasteiger partial charge in [0.15, 0.2) is 21.8 Å². The number of oxazole rings is 1. The van der Waals surface area contributed by atoms with Crippen LogP contribution in [-0.2, 0) is 9.84 Å². The van der Waals surface area contributed by atoms with Crippen LogP contribution in [0.3, 0.4) is 0 Å². The van der Waals surface area contributed by atoms with Crippen molar-refractivity contribution in [2.75, 3.05) is 19.3 Å². The van der Waals surface area contributed by atoms with E-state index in [-0.39, 0.29) is 28.7 Å². The van der Waals surface area contributed by atoms with Crippen molar-refractivity contribution >= 4 is 15.7 Å². The third-order valence-corrected chi connectivity index (χ3v) is 5.95. The van der Waals surface area contributed by atoms with Crippen LogP contribution >= 0.6 is 0 Å². The van der Waals surface area contributed by atoms with Gasteiger partial charge in [-0.15, -0.1) is 0 Å². The summed E-state index contributed by atoms with van der Waals surface area (Å²) in [4.78, 5) is 18.6. The van der Waals surface area contributed by atoms with E-state index in [4.69, 9.17) is 9.15 Å². The molecule has 0 N–H and O–H groups in total. The Morgan fingerprint density at radius 3 is 2.63 bits per heavy atom. The number of benzene rings is 1. The third kappa shape index (κ3) is 4.77. The fourth-order valence-corrected chi connectivity index (χ4v) is 3.79. The first-order valence-corrected chi connectivity index (χ1v) is 11.0. The van der Waals surface area contributed by atoms with Gasteiger partial charge in [0.05, 0.1) is 22.1 Å². The minimum absolute atomic E-state index is 0.154. The summed E-state index contributed by atoms with van der Waals surface area (Å²) in [6, 6.07) is 3.25. The van der Waals surface area contributed by atoms with Crippen LogP contribution in [0.4, 0.5) is 13.2 Å². The second kappa shape index (κ2) is 7.93. The first kappa shape index (κ1) is 22.1. The number of halogens is 3. The van der Waals surface area contributed by atoms with E-state index in [1.807, 2.05) is 0 Å². The average Bonchev–Trinajstić information content (AvgIpc) is 3.28. The number of hydrogen-bond donors (Lipinski definition) is 0. The molecule has 30 heavy (non-hydrogen) atoms. The van der Waals surface area contributed by atoms with Crippen LogP contribution in [0.25, 0.3) is 0 Å². The Balaban J connectivity index is 1.90. The Bertz CT molecular complexity index is 1050. The lowest BCUT2D eigenvalue weighted by Crippen LogP contribution is -2.33. The Kier molecular flexibility index (Phi) is 5.85. The lowest BCUT2D eigenvalue weighted by Gasteiger charge is -2.22. The first-order valence-electron chi connectivity index (χ1n) is 9.15. The van der Waals surface area contributed by atoms with Crippen LogP contribution in [0, 0.1) is 6.92 Å². The van der Waals surface area contributed by atoms with Crippen LogP contribution in [0.5, 0.6) is 5.75 Å². The molecule has 3 rings (SSSR count). The van der Waals surface area contributed by atoms with Gasteiger partial charge in [-0.25, -0.2) is 13.4 Å². The van der Waals surface area contributed by atoms with E-state index in [2.05, 4.69) is 4.98 Å². The van der Waals surface area contributed by atoms with Gasteiger partial charge in [-0.2, -0.15) is 13.2 Å². The molecule has 11 heteroatoms. The van der Waals surface area contributed by atoms with E-state index in [9.17, 15) is 26.4 Å². The molecule has 1 saturated heterocycles. The molecular formula is C19H21F3N2O5S. The zero-order valence-corrected chi connectivity index (χ0v) is 17.4. The molecule has 2 aromatic rings. The summed E-state index contributed by atoms with van der Waals surface area (Å²) in [5.41, 5.74) is 0.464. The minimum atomic E-state index is -4.64. The highest BCUT2D eigenvalue weighted by atomic mass is 32.2. The monoisotopic (exact) mass is 446 g/mol. The Morgan fingerprint density at radius 1 is 1.37 bits per heavy atom. The molecule has 7 nitrogen and oxygen atoms in total. The van der Waals surface area contributed by atoms with E-state index in [1.165, 1.54) is 11.2 Å². The van der Waals surface area contributed by atoms with Gasteiger partial charge in [0.2, 0.25) is 0 Å². The van der Waals surface area contributed by atoms with Gasteiger partial charge in [0.25, 0.3) is 5.91 Å². The minimum Gasteiger partial charge on any atom is -0.480 e. The molecule has 1 fully saturated rings. The molecule has 164 valence electrons. The van der Waals surface area contributed by atoms with Crippen LogP contribution in [0.1, 0.15) is 41.2 Å². The van der Waals surface area contributed by atoms with Crippen LogP contribution < -0.4 is 4.74 Å². The highest BCUT2D eigenvalue weighted by molar-refractivity contribution is 7.90. The molecule has 0 spiro atoms. The van der Waals surface area contributed by atoms with Gasteiger partial charge in [-0.1, -0.05) is 0 Å². The molecule has 2 heterocycles. The number of carbonyl (C=O) groups excluding carboxylic acids is 1. The SMILES string of the molecule is Cc1coc(C2CCN(C(=O)c3cc(S(C)(=O)=O)ccc3O[C@@H](C)C(F)(F)F)C2)n1. The summed E-state index contributed by atoms with van der Waals surface area (Å²) >= 11 is 0. The van der Waals surface area contributed by atoms with Crippen molar-refractivity contribution in [1.82, 2.24) is 9.88 Å². The number of ether oxygens (including phenoxy) is 1. The molecule has 0 radical (unpaired) electrons. The van der Waals surface area contributed by atoms with Gasteiger partial charge < -0.3 is 14.1 Å². The lowest BCUT2D eigenvalue weighted by molar-refractivity contribution is -0.189. The van der Waals surface area contributed by atoms with Crippen molar-refractivity contribution < 1.29 is 35.5 Å². The second-order valence-corrected chi connectivity index (χ2v) is 9.31. The third-order valence-electron chi connectivity index (χ3n) is 4.84. The maximum atomic E-state index is 13.1. The van der Waals surface area contributed by atoms with Crippen molar-refractivity contribution in [3.05, 3.63) is 41.6 Å². The van der Waals surface area contributed by atoms with Crippen molar-refractivity contribution in [2.24, 2.45) is 0 Å². The first-order chi connectivity index (χ1) is 13.9.